The van der Waals surface area contributed by atoms with Crippen LogP contribution in [0, 0.1) is 11.3 Å². The van der Waals surface area contributed by atoms with Crippen molar-refractivity contribution in [3.63, 3.8) is 0 Å². The Morgan fingerprint density at radius 1 is 1.32 bits per heavy atom. The minimum Gasteiger partial charge on any atom is -0.493 e. The fourth-order valence-corrected chi connectivity index (χ4v) is 2.85. The van der Waals surface area contributed by atoms with Crippen molar-refractivity contribution >= 4 is 0 Å². The minimum absolute atomic E-state index is 0.424. The summed E-state index contributed by atoms with van der Waals surface area (Å²) in [7, 11) is 0. The van der Waals surface area contributed by atoms with Crippen molar-refractivity contribution in [1.82, 2.24) is 5.32 Å². The van der Waals surface area contributed by atoms with Crippen molar-refractivity contribution < 1.29 is 4.74 Å². The van der Waals surface area contributed by atoms with Crippen molar-refractivity contribution in [2.45, 2.75) is 46.6 Å². The first-order chi connectivity index (χ1) is 9.10. The summed E-state index contributed by atoms with van der Waals surface area (Å²) in [6.45, 7) is 10.8. The minimum atomic E-state index is 0.424. The molecule has 106 valence electrons. The zero-order chi connectivity index (χ0) is 13.9. The second kappa shape index (κ2) is 5.96. The molecule has 1 fully saturated rings. The number of hydrogen-bond acceptors (Lipinski definition) is 2. The van der Waals surface area contributed by atoms with Crippen molar-refractivity contribution in [3.05, 3.63) is 29.8 Å². The molecule has 2 nitrogen and oxygen atoms in total. The molecule has 1 saturated carbocycles. The number of para-hydroxylation sites is 1. The zero-order valence-electron chi connectivity index (χ0n) is 12.7. The van der Waals surface area contributed by atoms with Crippen LogP contribution in [0.25, 0.3) is 0 Å². The van der Waals surface area contributed by atoms with Gasteiger partial charge >= 0.3 is 0 Å². The molecule has 1 aliphatic rings. The van der Waals surface area contributed by atoms with Crippen molar-refractivity contribution in [3.8, 4) is 5.75 Å². The van der Waals surface area contributed by atoms with Crippen molar-refractivity contribution in [1.29, 1.82) is 0 Å². The quantitative estimate of drug-likeness (QED) is 0.795. The highest BCUT2D eigenvalue weighted by atomic mass is 16.5. The zero-order valence-corrected chi connectivity index (χ0v) is 12.7. The smallest absolute Gasteiger partial charge is 0.124 e. The van der Waals surface area contributed by atoms with E-state index in [-0.39, 0.29) is 0 Å². The van der Waals surface area contributed by atoms with Gasteiger partial charge in [0.25, 0.3) is 0 Å². The molecule has 0 radical (unpaired) electrons. The molecule has 2 atom stereocenters. The topological polar surface area (TPSA) is 21.3 Å². The van der Waals surface area contributed by atoms with Gasteiger partial charge in [0.15, 0.2) is 0 Å². The highest BCUT2D eigenvalue weighted by Gasteiger charge is 2.50. The van der Waals surface area contributed by atoms with E-state index in [0.717, 1.165) is 31.2 Å². The van der Waals surface area contributed by atoms with Gasteiger partial charge in [-0.05, 0) is 36.8 Å². The Hall–Kier alpha value is -1.02. The molecule has 1 N–H and O–H groups in total. The summed E-state index contributed by atoms with van der Waals surface area (Å²) in [5, 5.41) is 3.65. The van der Waals surface area contributed by atoms with Gasteiger partial charge in [-0.15, -0.1) is 0 Å². The summed E-state index contributed by atoms with van der Waals surface area (Å²) in [6.07, 6.45) is 2.35. The van der Waals surface area contributed by atoms with E-state index >= 15 is 0 Å². The highest BCUT2D eigenvalue weighted by Crippen LogP contribution is 2.58. The van der Waals surface area contributed by atoms with Crippen LogP contribution in [0.5, 0.6) is 5.75 Å². The molecular formula is C17H27NO. The summed E-state index contributed by atoms with van der Waals surface area (Å²) < 4.78 is 5.92. The molecule has 2 rings (SSSR count). The Balaban J connectivity index is 2.21. The van der Waals surface area contributed by atoms with E-state index in [4.69, 9.17) is 4.74 Å². The second-order valence-corrected chi connectivity index (χ2v) is 6.22. The van der Waals surface area contributed by atoms with Gasteiger partial charge in [0, 0.05) is 11.6 Å². The maximum atomic E-state index is 5.92. The fraction of sp³-hybridized carbons (Fsp3) is 0.647. The van der Waals surface area contributed by atoms with Crippen LogP contribution in [0.2, 0.25) is 0 Å². The lowest BCUT2D eigenvalue weighted by Crippen LogP contribution is -2.25. The predicted molar refractivity (Wildman–Crippen MR) is 80.5 cm³/mol. The van der Waals surface area contributed by atoms with Crippen LogP contribution in [-0.4, -0.2) is 13.2 Å². The van der Waals surface area contributed by atoms with E-state index in [1.807, 2.05) is 0 Å². The van der Waals surface area contributed by atoms with Crippen LogP contribution in [0.1, 0.15) is 52.1 Å². The summed E-state index contributed by atoms with van der Waals surface area (Å²) >= 11 is 0. The van der Waals surface area contributed by atoms with Crippen LogP contribution in [-0.2, 0) is 0 Å². The number of nitrogens with one attached hydrogen (secondary N) is 1. The van der Waals surface area contributed by atoms with Gasteiger partial charge in [-0.3, -0.25) is 0 Å². The Kier molecular flexibility index (Phi) is 4.51. The van der Waals surface area contributed by atoms with E-state index in [9.17, 15) is 0 Å². The van der Waals surface area contributed by atoms with E-state index < -0.39 is 0 Å². The molecule has 0 spiro atoms. The van der Waals surface area contributed by atoms with Crippen LogP contribution in [0.4, 0.5) is 0 Å². The maximum Gasteiger partial charge on any atom is 0.124 e. The van der Waals surface area contributed by atoms with Gasteiger partial charge < -0.3 is 10.1 Å². The lowest BCUT2D eigenvalue weighted by molar-refractivity contribution is 0.305. The number of hydrogen-bond donors (Lipinski definition) is 1. The molecule has 2 heteroatoms. The Labute approximate surface area is 117 Å². The Morgan fingerprint density at radius 3 is 2.58 bits per heavy atom. The largest absolute Gasteiger partial charge is 0.493 e. The van der Waals surface area contributed by atoms with Gasteiger partial charge in [0.05, 0.1) is 6.61 Å². The maximum absolute atomic E-state index is 5.92. The molecule has 0 heterocycles. The average Bonchev–Trinajstić information content (AvgIpc) is 3.03. The number of rotatable bonds is 7. The average molecular weight is 261 g/mol. The number of benzene rings is 1. The fourth-order valence-electron chi connectivity index (χ4n) is 2.85. The van der Waals surface area contributed by atoms with E-state index in [0.29, 0.717) is 11.5 Å². The first-order valence-corrected chi connectivity index (χ1v) is 7.55. The first kappa shape index (κ1) is 14.4. The molecule has 2 unspecified atom stereocenters. The second-order valence-electron chi connectivity index (χ2n) is 6.22. The molecule has 0 amide bonds. The number of ether oxygens (including phenoxy) is 1. The monoisotopic (exact) mass is 261 g/mol. The van der Waals surface area contributed by atoms with Gasteiger partial charge in [0.2, 0.25) is 0 Å². The van der Waals surface area contributed by atoms with E-state index in [2.05, 4.69) is 57.3 Å². The molecule has 0 saturated heterocycles. The third kappa shape index (κ3) is 3.30. The SMILES string of the molecule is CCCOc1ccccc1C(NCC)C1CC1(C)C. The van der Waals surface area contributed by atoms with Gasteiger partial charge in [0.1, 0.15) is 5.75 Å². The first-order valence-electron chi connectivity index (χ1n) is 7.55. The molecule has 0 aliphatic heterocycles. The molecular weight excluding hydrogens is 234 g/mol. The molecule has 1 aromatic carbocycles. The lowest BCUT2D eigenvalue weighted by Gasteiger charge is -2.23. The van der Waals surface area contributed by atoms with Crippen LogP contribution in [0.15, 0.2) is 24.3 Å². The summed E-state index contributed by atoms with van der Waals surface area (Å²) in [5.74, 6) is 1.77. The molecule has 1 aromatic rings. The molecule has 1 aliphatic carbocycles. The highest BCUT2D eigenvalue weighted by molar-refractivity contribution is 5.37. The third-order valence-corrected chi connectivity index (χ3v) is 4.13. The van der Waals surface area contributed by atoms with Crippen LogP contribution >= 0.6 is 0 Å². The van der Waals surface area contributed by atoms with E-state index in [1.165, 1.54) is 12.0 Å². The summed E-state index contributed by atoms with van der Waals surface area (Å²) in [4.78, 5) is 0. The lowest BCUT2D eigenvalue weighted by atomic mass is 9.96. The Morgan fingerprint density at radius 2 is 2.00 bits per heavy atom. The van der Waals surface area contributed by atoms with E-state index in [1.54, 1.807) is 0 Å². The third-order valence-electron chi connectivity index (χ3n) is 4.13. The molecule has 0 aromatic heterocycles. The van der Waals surface area contributed by atoms with Gasteiger partial charge in [-0.25, -0.2) is 0 Å². The van der Waals surface area contributed by atoms with Crippen molar-refractivity contribution in [2.24, 2.45) is 11.3 Å². The normalized spacial score (nSPS) is 22.0. The van der Waals surface area contributed by atoms with Gasteiger partial charge in [-0.1, -0.05) is 45.9 Å². The Bertz CT molecular complexity index is 413. The summed E-state index contributed by atoms with van der Waals surface area (Å²) in [6, 6.07) is 8.92. The predicted octanol–water partition coefficient (Wildman–Crippen LogP) is 4.17. The van der Waals surface area contributed by atoms with Crippen LogP contribution in [0.3, 0.4) is 0 Å². The molecule has 0 bridgehead atoms. The van der Waals surface area contributed by atoms with Gasteiger partial charge in [-0.2, -0.15) is 0 Å². The van der Waals surface area contributed by atoms with Crippen LogP contribution < -0.4 is 10.1 Å². The summed E-state index contributed by atoms with van der Waals surface area (Å²) in [5.41, 5.74) is 1.79. The van der Waals surface area contributed by atoms with Crippen molar-refractivity contribution in [2.75, 3.05) is 13.2 Å². The molecule has 19 heavy (non-hydrogen) atoms. The standard InChI is InChI=1S/C17H27NO/c1-5-11-19-15-10-8-7-9-13(15)16(18-6-2)14-12-17(14,3)4/h7-10,14,16,18H,5-6,11-12H2,1-4H3.